The van der Waals surface area contributed by atoms with Gasteiger partial charge in [-0.05, 0) is 38.3 Å². The van der Waals surface area contributed by atoms with E-state index in [1.807, 2.05) is 10.9 Å². The Labute approximate surface area is 109 Å². The van der Waals surface area contributed by atoms with Crippen molar-refractivity contribution in [3.8, 4) is 5.69 Å². The first-order valence-corrected chi connectivity index (χ1v) is 6.53. The normalized spacial score (nSPS) is 10.8. The van der Waals surface area contributed by atoms with Gasteiger partial charge in [0.1, 0.15) is 5.82 Å². The molecule has 0 aliphatic rings. The van der Waals surface area contributed by atoms with E-state index in [-0.39, 0.29) is 0 Å². The zero-order chi connectivity index (χ0) is 13.1. The highest BCUT2D eigenvalue weighted by Crippen LogP contribution is 2.22. The number of anilines is 1. The van der Waals surface area contributed by atoms with Gasteiger partial charge in [-0.2, -0.15) is 5.10 Å². The highest BCUT2D eigenvalue weighted by molar-refractivity contribution is 5.50. The topological polar surface area (TPSA) is 43.8 Å². The second kappa shape index (κ2) is 5.25. The largest absolute Gasteiger partial charge is 0.383 e. The Kier molecular flexibility index (Phi) is 3.70. The first-order chi connectivity index (χ1) is 8.63. The van der Waals surface area contributed by atoms with Gasteiger partial charge in [0.05, 0.1) is 11.9 Å². The number of aromatic nitrogens is 2. The Morgan fingerprint density at radius 1 is 1.28 bits per heavy atom. The second-order valence-electron chi connectivity index (χ2n) is 4.86. The lowest BCUT2D eigenvalue weighted by atomic mass is 10.1. The quantitative estimate of drug-likeness (QED) is 0.894. The van der Waals surface area contributed by atoms with Crippen molar-refractivity contribution >= 4 is 5.82 Å². The number of nitrogens with two attached hydrogens (primary N) is 1. The SMILES string of the molecule is CCCCc1cnn(-c2ccc(C)cc2C)c1N. The molecular formula is C15H21N3. The van der Waals surface area contributed by atoms with Crippen LogP contribution in [0.4, 0.5) is 5.82 Å². The van der Waals surface area contributed by atoms with Crippen molar-refractivity contribution in [2.75, 3.05) is 5.73 Å². The third-order valence-electron chi connectivity index (χ3n) is 3.27. The van der Waals surface area contributed by atoms with E-state index in [1.54, 1.807) is 0 Å². The van der Waals surface area contributed by atoms with Crippen LogP contribution in [0.3, 0.4) is 0 Å². The van der Waals surface area contributed by atoms with Gasteiger partial charge in [0, 0.05) is 5.56 Å². The summed E-state index contributed by atoms with van der Waals surface area (Å²) in [7, 11) is 0. The lowest BCUT2D eigenvalue weighted by Crippen LogP contribution is -2.05. The molecule has 0 unspecified atom stereocenters. The summed E-state index contributed by atoms with van der Waals surface area (Å²) in [6.45, 7) is 6.37. The summed E-state index contributed by atoms with van der Waals surface area (Å²) in [5.41, 5.74) is 10.9. The Bertz CT molecular complexity index is 541. The van der Waals surface area contributed by atoms with Crippen LogP contribution in [0.1, 0.15) is 36.5 Å². The van der Waals surface area contributed by atoms with Crippen molar-refractivity contribution in [3.63, 3.8) is 0 Å². The van der Waals surface area contributed by atoms with Gasteiger partial charge in [0.15, 0.2) is 0 Å². The Morgan fingerprint density at radius 3 is 2.72 bits per heavy atom. The van der Waals surface area contributed by atoms with Gasteiger partial charge < -0.3 is 5.73 Å². The van der Waals surface area contributed by atoms with Crippen LogP contribution in [0.2, 0.25) is 0 Å². The van der Waals surface area contributed by atoms with Gasteiger partial charge in [0.2, 0.25) is 0 Å². The van der Waals surface area contributed by atoms with Crippen LogP contribution in [0.5, 0.6) is 0 Å². The monoisotopic (exact) mass is 243 g/mol. The number of aryl methyl sites for hydroxylation is 3. The first kappa shape index (κ1) is 12.7. The predicted molar refractivity (Wildman–Crippen MR) is 76.1 cm³/mol. The number of unbranched alkanes of at least 4 members (excludes halogenated alkanes) is 1. The van der Waals surface area contributed by atoms with Crippen LogP contribution in [-0.2, 0) is 6.42 Å². The molecule has 0 amide bonds. The standard InChI is InChI=1S/C15H21N3/c1-4-5-6-13-10-17-18(15(13)16)14-8-7-11(2)9-12(14)3/h7-10H,4-6,16H2,1-3H3. The molecule has 0 aliphatic heterocycles. The molecule has 0 saturated carbocycles. The minimum Gasteiger partial charge on any atom is -0.383 e. The lowest BCUT2D eigenvalue weighted by molar-refractivity contribution is 0.796. The molecular weight excluding hydrogens is 222 g/mol. The number of hydrogen-bond donors (Lipinski definition) is 1. The molecule has 0 fully saturated rings. The van der Waals surface area contributed by atoms with Gasteiger partial charge in [-0.3, -0.25) is 0 Å². The molecule has 0 spiro atoms. The zero-order valence-corrected chi connectivity index (χ0v) is 11.4. The number of hydrogen-bond acceptors (Lipinski definition) is 2. The molecule has 1 aromatic carbocycles. The smallest absolute Gasteiger partial charge is 0.130 e. The van der Waals surface area contributed by atoms with Gasteiger partial charge >= 0.3 is 0 Å². The third-order valence-corrected chi connectivity index (χ3v) is 3.27. The highest BCUT2D eigenvalue weighted by Gasteiger charge is 2.10. The van der Waals surface area contributed by atoms with Crippen LogP contribution >= 0.6 is 0 Å². The van der Waals surface area contributed by atoms with E-state index in [0.717, 1.165) is 29.9 Å². The number of nitrogen functional groups attached to an aromatic ring is 1. The van der Waals surface area contributed by atoms with E-state index in [4.69, 9.17) is 5.73 Å². The Balaban J connectivity index is 2.36. The maximum absolute atomic E-state index is 6.18. The van der Waals surface area contributed by atoms with E-state index < -0.39 is 0 Å². The molecule has 96 valence electrons. The fourth-order valence-corrected chi connectivity index (χ4v) is 2.19. The molecule has 0 radical (unpaired) electrons. The fraction of sp³-hybridized carbons (Fsp3) is 0.400. The van der Waals surface area contributed by atoms with Gasteiger partial charge in [-0.25, -0.2) is 4.68 Å². The average Bonchev–Trinajstić information content (AvgIpc) is 2.68. The van der Waals surface area contributed by atoms with Crippen LogP contribution in [0.15, 0.2) is 24.4 Å². The summed E-state index contributed by atoms with van der Waals surface area (Å²) in [4.78, 5) is 0. The van der Waals surface area contributed by atoms with E-state index in [2.05, 4.69) is 44.1 Å². The number of benzene rings is 1. The summed E-state index contributed by atoms with van der Waals surface area (Å²) in [6, 6.07) is 6.33. The van der Waals surface area contributed by atoms with Crippen LogP contribution in [0.25, 0.3) is 5.69 Å². The molecule has 2 aromatic rings. The molecule has 18 heavy (non-hydrogen) atoms. The molecule has 1 aromatic heterocycles. The van der Waals surface area contributed by atoms with Gasteiger partial charge in [-0.15, -0.1) is 0 Å². The summed E-state index contributed by atoms with van der Waals surface area (Å²) in [5, 5.41) is 4.42. The second-order valence-corrected chi connectivity index (χ2v) is 4.86. The first-order valence-electron chi connectivity index (χ1n) is 6.53. The molecule has 0 aliphatic carbocycles. The van der Waals surface area contributed by atoms with Gasteiger partial charge in [0.25, 0.3) is 0 Å². The summed E-state index contributed by atoms with van der Waals surface area (Å²) in [6.07, 6.45) is 5.23. The van der Waals surface area contributed by atoms with E-state index >= 15 is 0 Å². The van der Waals surface area contributed by atoms with Crippen LogP contribution in [0, 0.1) is 13.8 Å². The third kappa shape index (κ3) is 2.40. The average molecular weight is 243 g/mol. The van der Waals surface area contributed by atoms with E-state index in [1.165, 1.54) is 17.5 Å². The lowest BCUT2D eigenvalue weighted by Gasteiger charge is -2.09. The maximum Gasteiger partial charge on any atom is 0.130 e. The number of nitrogens with zero attached hydrogens (tertiary/aromatic N) is 2. The molecule has 1 heterocycles. The molecule has 2 N–H and O–H groups in total. The van der Waals surface area contributed by atoms with Crippen molar-refractivity contribution in [3.05, 3.63) is 41.1 Å². The Hall–Kier alpha value is -1.77. The van der Waals surface area contributed by atoms with Crippen molar-refractivity contribution in [2.24, 2.45) is 0 Å². The van der Waals surface area contributed by atoms with Crippen molar-refractivity contribution < 1.29 is 0 Å². The molecule has 0 saturated heterocycles. The summed E-state index contributed by atoms with van der Waals surface area (Å²) >= 11 is 0. The van der Waals surface area contributed by atoms with Crippen LogP contribution < -0.4 is 5.73 Å². The molecule has 2 rings (SSSR count). The van der Waals surface area contributed by atoms with Crippen molar-refractivity contribution in [1.82, 2.24) is 9.78 Å². The van der Waals surface area contributed by atoms with Crippen molar-refractivity contribution in [2.45, 2.75) is 40.0 Å². The summed E-state index contributed by atoms with van der Waals surface area (Å²) in [5.74, 6) is 0.774. The molecule has 3 heteroatoms. The van der Waals surface area contributed by atoms with E-state index in [0.29, 0.717) is 0 Å². The minimum atomic E-state index is 0.774. The Morgan fingerprint density at radius 2 is 2.06 bits per heavy atom. The number of rotatable bonds is 4. The molecule has 0 bridgehead atoms. The molecule has 0 atom stereocenters. The highest BCUT2D eigenvalue weighted by atomic mass is 15.3. The van der Waals surface area contributed by atoms with Gasteiger partial charge in [-0.1, -0.05) is 31.0 Å². The molecule has 3 nitrogen and oxygen atoms in total. The van der Waals surface area contributed by atoms with Crippen LogP contribution in [-0.4, -0.2) is 9.78 Å². The summed E-state index contributed by atoms with van der Waals surface area (Å²) < 4.78 is 1.85. The van der Waals surface area contributed by atoms with E-state index in [9.17, 15) is 0 Å². The fourth-order valence-electron chi connectivity index (χ4n) is 2.19. The zero-order valence-electron chi connectivity index (χ0n) is 11.4. The maximum atomic E-state index is 6.18. The predicted octanol–water partition coefficient (Wildman–Crippen LogP) is 3.41. The minimum absolute atomic E-state index is 0.774. The van der Waals surface area contributed by atoms with Crippen molar-refractivity contribution in [1.29, 1.82) is 0 Å².